The number of fused-ring (bicyclic) bond motifs is 3. The van der Waals surface area contributed by atoms with E-state index in [4.69, 9.17) is 4.74 Å². The first-order valence-electron chi connectivity index (χ1n) is 9.50. The molecule has 1 aliphatic carbocycles. The molecule has 1 aromatic heterocycles. The molecule has 1 saturated carbocycles. The fourth-order valence-corrected chi connectivity index (χ4v) is 4.79. The van der Waals surface area contributed by atoms with Gasteiger partial charge in [-0.25, -0.2) is 0 Å². The Morgan fingerprint density at radius 2 is 1.92 bits per heavy atom. The monoisotopic (exact) mass is 332 g/mol. The maximum absolute atomic E-state index is 13.2. The van der Waals surface area contributed by atoms with Crippen molar-refractivity contribution in [2.24, 2.45) is 5.92 Å². The zero-order chi connectivity index (χ0) is 16.5. The molecule has 3 heterocycles. The summed E-state index contributed by atoms with van der Waals surface area (Å²) in [4.78, 5) is 15.4. The van der Waals surface area contributed by atoms with E-state index in [1.165, 1.54) is 19.3 Å². The third-order valence-corrected chi connectivity index (χ3v) is 6.07. The summed E-state index contributed by atoms with van der Waals surface area (Å²) in [5, 5.41) is 8.78. The second-order valence-electron chi connectivity index (χ2n) is 7.56. The lowest BCUT2D eigenvalue weighted by molar-refractivity contribution is -0.139. The Balaban J connectivity index is 1.53. The number of amides is 1. The van der Waals surface area contributed by atoms with Gasteiger partial charge in [0.2, 0.25) is 5.91 Å². The molecular weight excluding hydrogens is 304 g/mol. The Morgan fingerprint density at radius 3 is 2.71 bits per heavy atom. The van der Waals surface area contributed by atoms with Gasteiger partial charge in [0, 0.05) is 38.5 Å². The Kier molecular flexibility index (Phi) is 4.57. The average Bonchev–Trinajstić information content (AvgIpc) is 3.12. The Bertz CT molecular complexity index is 594. The van der Waals surface area contributed by atoms with E-state index in [0.717, 1.165) is 56.7 Å². The van der Waals surface area contributed by atoms with Gasteiger partial charge in [0.1, 0.15) is 11.6 Å². The molecular formula is C18H28N4O2. The second kappa shape index (κ2) is 6.82. The van der Waals surface area contributed by atoms with Crippen LogP contribution in [0.3, 0.4) is 0 Å². The van der Waals surface area contributed by atoms with Crippen molar-refractivity contribution in [2.75, 3.05) is 13.7 Å². The van der Waals surface area contributed by atoms with E-state index in [2.05, 4.69) is 19.7 Å². The lowest BCUT2D eigenvalue weighted by Gasteiger charge is -2.33. The molecule has 0 unspecified atom stereocenters. The quantitative estimate of drug-likeness (QED) is 0.846. The van der Waals surface area contributed by atoms with Crippen LogP contribution in [0.15, 0.2) is 0 Å². The minimum atomic E-state index is 0.262. The van der Waals surface area contributed by atoms with Crippen LogP contribution in [0.1, 0.15) is 56.6 Å². The van der Waals surface area contributed by atoms with E-state index < -0.39 is 0 Å². The maximum Gasteiger partial charge on any atom is 0.226 e. The van der Waals surface area contributed by atoms with Gasteiger partial charge in [-0.3, -0.25) is 4.79 Å². The molecule has 0 radical (unpaired) electrons. The molecule has 0 spiro atoms. The molecule has 2 bridgehead atoms. The zero-order valence-electron chi connectivity index (χ0n) is 14.6. The second-order valence-corrected chi connectivity index (χ2v) is 7.56. The number of methoxy groups -OCH3 is 1. The maximum atomic E-state index is 13.2. The van der Waals surface area contributed by atoms with Crippen LogP contribution in [0, 0.1) is 5.92 Å². The van der Waals surface area contributed by atoms with Crippen LogP contribution in [0.4, 0.5) is 0 Å². The minimum absolute atomic E-state index is 0.262. The number of carbonyl (C=O) groups is 1. The number of carbonyl (C=O) groups excluding carboxylic acids is 1. The summed E-state index contributed by atoms with van der Waals surface area (Å²) in [7, 11) is 1.71. The van der Waals surface area contributed by atoms with Gasteiger partial charge in [-0.05, 0) is 25.7 Å². The van der Waals surface area contributed by atoms with E-state index in [1.54, 1.807) is 7.11 Å². The van der Waals surface area contributed by atoms with Crippen molar-refractivity contribution < 1.29 is 9.53 Å². The third-order valence-electron chi connectivity index (χ3n) is 6.07. The van der Waals surface area contributed by atoms with Crippen LogP contribution in [0.5, 0.6) is 0 Å². The molecule has 2 aliphatic heterocycles. The normalized spacial score (nSPS) is 27.1. The van der Waals surface area contributed by atoms with Crippen molar-refractivity contribution >= 4 is 5.91 Å². The van der Waals surface area contributed by atoms with Crippen LogP contribution >= 0.6 is 0 Å². The number of aromatic nitrogens is 3. The van der Waals surface area contributed by atoms with E-state index in [9.17, 15) is 4.79 Å². The van der Waals surface area contributed by atoms with E-state index in [-0.39, 0.29) is 5.92 Å². The molecule has 6 heteroatoms. The molecule has 0 N–H and O–H groups in total. The average molecular weight is 332 g/mol. The van der Waals surface area contributed by atoms with Crippen molar-refractivity contribution in [3.63, 3.8) is 0 Å². The highest BCUT2D eigenvalue weighted by Gasteiger charge is 2.42. The van der Waals surface area contributed by atoms with Crippen LogP contribution in [0.2, 0.25) is 0 Å². The summed E-state index contributed by atoms with van der Waals surface area (Å²) >= 11 is 0. The Hall–Kier alpha value is -1.43. The summed E-state index contributed by atoms with van der Waals surface area (Å²) in [6, 6.07) is 0.646. The molecule has 132 valence electrons. The highest BCUT2D eigenvalue weighted by molar-refractivity contribution is 5.80. The Labute approximate surface area is 143 Å². The zero-order valence-corrected chi connectivity index (χ0v) is 14.6. The number of ether oxygens (including phenoxy) is 1. The summed E-state index contributed by atoms with van der Waals surface area (Å²) in [5.41, 5.74) is 0. The van der Waals surface area contributed by atoms with Crippen molar-refractivity contribution in [2.45, 2.75) is 76.4 Å². The molecule has 6 nitrogen and oxygen atoms in total. The molecule has 1 amide bonds. The van der Waals surface area contributed by atoms with Gasteiger partial charge in [0.25, 0.3) is 0 Å². The summed E-state index contributed by atoms with van der Waals surface area (Å²) in [6.45, 7) is 1.52. The van der Waals surface area contributed by atoms with Crippen molar-refractivity contribution in [3.05, 3.63) is 11.6 Å². The van der Waals surface area contributed by atoms with Crippen molar-refractivity contribution in [1.29, 1.82) is 0 Å². The van der Waals surface area contributed by atoms with Gasteiger partial charge in [-0.1, -0.05) is 19.3 Å². The summed E-state index contributed by atoms with van der Waals surface area (Å²) < 4.78 is 7.45. The highest BCUT2D eigenvalue weighted by Crippen LogP contribution is 2.35. The lowest BCUT2D eigenvalue weighted by Crippen LogP contribution is -2.45. The highest BCUT2D eigenvalue weighted by atomic mass is 16.5. The van der Waals surface area contributed by atoms with E-state index in [1.807, 2.05) is 0 Å². The van der Waals surface area contributed by atoms with E-state index >= 15 is 0 Å². The van der Waals surface area contributed by atoms with Gasteiger partial charge < -0.3 is 14.2 Å². The number of hydrogen-bond acceptors (Lipinski definition) is 4. The number of rotatable bonds is 4. The molecule has 1 aromatic rings. The summed E-state index contributed by atoms with van der Waals surface area (Å²) in [5.74, 6) is 2.73. The standard InChI is InChI=1S/C18H28N4O2/c1-24-10-9-16-19-20-17-11-14-7-8-15(12-21(16)17)22(14)18(23)13-5-3-2-4-6-13/h13-15H,2-12H2,1H3/t14-,15+/m0/s1. The van der Waals surface area contributed by atoms with Crippen LogP contribution in [-0.2, 0) is 28.9 Å². The first kappa shape index (κ1) is 16.1. The van der Waals surface area contributed by atoms with Gasteiger partial charge >= 0.3 is 0 Å². The molecule has 2 atom stereocenters. The van der Waals surface area contributed by atoms with Gasteiger partial charge in [0.05, 0.1) is 12.6 Å². The number of hydrogen-bond donors (Lipinski definition) is 0. The largest absolute Gasteiger partial charge is 0.384 e. The third kappa shape index (κ3) is 2.85. The van der Waals surface area contributed by atoms with Gasteiger partial charge in [-0.2, -0.15) is 0 Å². The molecule has 24 heavy (non-hydrogen) atoms. The minimum Gasteiger partial charge on any atom is -0.384 e. The summed E-state index contributed by atoms with van der Waals surface area (Å²) in [6.07, 6.45) is 9.76. The Morgan fingerprint density at radius 1 is 1.12 bits per heavy atom. The smallest absolute Gasteiger partial charge is 0.226 e. The van der Waals surface area contributed by atoms with Crippen LogP contribution in [0.25, 0.3) is 0 Å². The van der Waals surface area contributed by atoms with E-state index in [0.29, 0.717) is 24.6 Å². The predicted octanol–water partition coefficient (Wildman–Crippen LogP) is 1.96. The topological polar surface area (TPSA) is 60.3 Å². The van der Waals surface area contributed by atoms with Crippen molar-refractivity contribution in [3.8, 4) is 0 Å². The first-order chi connectivity index (χ1) is 11.8. The van der Waals surface area contributed by atoms with Gasteiger partial charge in [-0.15, -0.1) is 10.2 Å². The molecule has 0 aromatic carbocycles. The molecule has 4 rings (SSSR count). The van der Waals surface area contributed by atoms with Crippen LogP contribution in [-0.4, -0.2) is 51.4 Å². The van der Waals surface area contributed by atoms with Crippen LogP contribution < -0.4 is 0 Å². The molecule has 3 aliphatic rings. The van der Waals surface area contributed by atoms with Crippen molar-refractivity contribution in [1.82, 2.24) is 19.7 Å². The van der Waals surface area contributed by atoms with Gasteiger partial charge in [0.15, 0.2) is 0 Å². The number of nitrogens with zero attached hydrogens (tertiary/aromatic N) is 4. The fourth-order valence-electron chi connectivity index (χ4n) is 4.79. The lowest BCUT2D eigenvalue weighted by atomic mass is 9.88. The first-order valence-corrected chi connectivity index (χ1v) is 9.50. The predicted molar refractivity (Wildman–Crippen MR) is 89.5 cm³/mol. The fraction of sp³-hybridized carbons (Fsp3) is 0.833. The molecule has 1 saturated heterocycles. The SMILES string of the molecule is COCCc1nnc2n1C[C@H]1CC[C@@H](C2)N1C(=O)C1CCCCC1. The molecule has 2 fully saturated rings.